The average Bonchev–Trinajstić information content (AvgIpc) is 2.94. The summed E-state index contributed by atoms with van der Waals surface area (Å²) in [6, 6.07) is 8.66. The Morgan fingerprint density at radius 2 is 2.28 bits per heavy atom. The van der Waals surface area contributed by atoms with Crippen LogP contribution in [0.15, 0.2) is 41.0 Å². The van der Waals surface area contributed by atoms with E-state index in [0.29, 0.717) is 11.6 Å². The van der Waals surface area contributed by atoms with Crippen molar-refractivity contribution in [2.24, 2.45) is 0 Å². The van der Waals surface area contributed by atoms with Crippen LogP contribution in [0.4, 0.5) is 5.69 Å². The number of carbonyl (C=O) groups is 1. The topological polar surface area (TPSA) is 54.3 Å². The van der Waals surface area contributed by atoms with Gasteiger partial charge in [-0.1, -0.05) is 11.6 Å². The average molecular weight is 263 g/mol. The van der Waals surface area contributed by atoms with Crippen molar-refractivity contribution in [3.05, 3.63) is 52.9 Å². The van der Waals surface area contributed by atoms with Gasteiger partial charge in [0.25, 0.3) is 0 Å². The van der Waals surface area contributed by atoms with Gasteiger partial charge in [-0.2, -0.15) is 0 Å². The fourth-order valence-electron chi connectivity index (χ4n) is 2.05. The molecule has 2 aromatic rings. The standard InChI is InChI=1S/C13H11ClN2O2/c14-8-3-4-11-10(6-8)12(13(17)16-11)15-7-9-2-1-5-18-9/h1-6,12,15H,7H2,(H,16,17). The van der Waals surface area contributed by atoms with Gasteiger partial charge >= 0.3 is 0 Å². The van der Waals surface area contributed by atoms with Crippen molar-refractivity contribution in [3.63, 3.8) is 0 Å². The molecule has 2 N–H and O–H groups in total. The van der Waals surface area contributed by atoms with Crippen molar-refractivity contribution in [2.75, 3.05) is 5.32 Å². The fourth-order valence-corrected chi connectivity index (χ4v) is 2.23. The summed E-state index contributed by atoms with van der Waals surface area (Å²) in [7, 11) is 0. The summed E-state index contributed by atoms with van der Waals surface area (Å²) in [5.41, 5.74) is 1.68. The fraction of sp³-hybridized carbons (Fsp3) is 0.154. The number of benzene rings is 1. The number of rotatable bonds is 3. The Bertz CT molecular complexity index is 581. The highest BCUT2D eigenvalue weighted by Gasteiger charge is 2.30. The maximum absolute atomic E-state index is 11.9. The molecule has 0 aliphatic carbocycles. The number of halogens is 1. The number of furan rings is 1. The van der Waals surface area contributed by atoms with E-state index in [2.05, 4.69) is 10.6 Å². The number of hydrogen-bond donors (Lipinski definition) is 2. The van der Waals surface area contributed by atoms with Crippen LogP contribution in [0.5, 0.6) is 0 Å². The van der Waals surface area contributed by atoms with Gasteiger partial charge in [-0.3, -0.25) is 10.1 Å². The number of carbonyl (C=O) groups excluding carboxylic acids is 1. The molecule has 1 aliphatic heterocycles. The van der Waals surface area contributed by atoms with Crippen molar-refractivity contribution >= 4 is 23.2 Å². The largest absolute Gasteiger partial charge is 0.468 e. The molecule has 1 aromatic heterocycles. The van der Waals surface area contributed by atoms with Gasteiger partial charge in [0.05, 0.1) is 12.8 Å². The summed E-state index contributed by atoms with van der Waals surface area (Å²) < 4.78 is 5.22. The normalized spacial score (nSPS) is 17.6. The second-order valence-corrected chi connectivity index (χ2v) is 4.55. The van der Waals surface area contributed by atoms with Crippen LogP contribution in [-0.2, 0) is 11.3 Å². The quantitative estimate of drug-likeness (QED) is 0.894. The van der Waals surface area contributed by atoms with Crippen molar-refractivity contribution in [1.82, 2.24) is 5.32 Å². The molecule has 1 aromatic carbocycles. The van der Waals surface area contributed by atoms with Crippen LogP contribution in [0.1, 0.15) is 17.4 Å². The minimum absolute atomic E-state index is 0.0705. The molecule has 1 amide bonds. The molecular weight excluding hydrogens is 252 g/mol. The highest BCUT2D eigenvalue weighted by Crippen LogP contribution is 2.32. The van der Waals surface area contributed by atoms with E-state index >= 15 is 0 Å². The van der Waals surface area contributed by atoms with E-state index in [-0.39, 0.29) is 11.9 Å². The van der Waals surface area contributed by atoms with Gasteiger partial charge in [0.1, 0.15) is 11.8 Å². The van der Waals surface area contributed by atoms with Gasteiger partial charge in [-0.05, 0) is 30.3 Å². The van der Waals surface area contributed by atoms with E-state index in [4.69, 9.17) is 16.0 Å². The number of amides is 1. The molecule has 1 aliphatic rings. The zero-order valence-corrected chi connectivity index (χ0v) is 10.2. The number of nitrogens with one attached hydrogen (secondary N) is 2. The molecule has 1 atom stereocenters. The minimum Gasteiger partial charge on any atom is -0.468 e. The molecular formula is C13H11ClN2O2. The lowest BCUT2D eigenvalue weighted by Crippen LogP contribution is -2.26. The van der Waals surface area contributed by atoms with Crippen LogP contribution in [0.2, 0.25) is 5.02 Å². The Morgan fingerprint density at radius 1 is 1.39 bits per heavy atom. The maximum Gasteiger partial charge on any atom is 0.246 e. The van der Waals surface area contributed by atoms with Crippen LogP contribution in [0.3, 0.4) is 0 Å². The van der Waals surface area contributed by atoms with Gasteiger partial charge in [-0.15, -0.1) is 0 Å². The van der Waals surface area contributed by atoms with E-state index in [1.807, 2.05) is 18.2 Å². The predicted octanol–water partition coefficient (Wildman–Crippen LogP) is 2.72. The molecule has 2 heterocycles. The first kappa shape index (κ1) is 11.3. The van der Waals surface area contributed by atoms with Gasteiger partial charge in [0.2, 0.25) is 5.91 Å². The van der Waals surface area contributed by atoms with Crippen LogP contribution < -0.4 is 10.6 Å². The van der Waals surface area contributed by atoms with Crippen LogP contribution in [0, 0.1) is 0 Å². The van der Waals surface area contributed by atoms with Crippen LogP contribution in [-0.4, -0.2) is 5.91 Å². The lowest BCUT2D eigenvalue weighted by atomic mass is 10.1. The number of fused-ring (bicyclic) bond motifs is 1. The smallest absolute Gasteiger partial charge is 0.246 e. The molecule has 5 heteroatoms. The van der Waals surface area contributed by atoms with E-state index < -0.39 is 0 Å². The van der Waals surface area contributed by atoms with E-state index in [1.54, 1.807) is 18.4 Å². The summed E-state index contributed by atoms with van der Waals surface area (Å²) in [4.78, 5) is 11.9. The summed E-state index contributed by atoms with van der Waals surface area (Å²) in [6.45, 7) is 0.497. The third-order valence-electron chi connectivity index (χ3n) is 2.91. The zero-order valence-electron chi connectivity index (χ0n) is 9.44. The zero-order chi connectivity index (χ0) is 12.5. The molecule has 3 rings (SSSR count). The molecule has 0 fully saturated rings. The molecule has 0 bridgehead atoms. The SMILES string of the molecule is O=C1Nc2ccc(Cl)cc2C1NCc1ccco1. The van der Waals surface area contributed by atoms with E-state index in [1.165, 1.54) is 0 Å². The third kappa shape index (κ3) is 2.00. The highest BCUT2D eigenvalue weighted by molar-refractivity contribution is 6.31. The Balaban J connectivity index is 1.80. The number of anilines is 1. The summed E-state index contributed by atoms with van der Waals surface area (Å²) in [5.74, 6) is 0.720. The second-order valence-electron chi connectivity index (χ2n) is 4.11. The molecule has 0 saturated heterocycles. The summed E-state index contributed by atoms with van der Waals surface area (Å²) >= 11 is 5.95. The Morgan fingerprint density at radius 3 is 3.06 bits per heavy atom. The molecule has 0 radical (unpaired) electrons. The molecule has 0 spiro atoms. The van der Waals surface area contributed by atoms with Crippen molar-refractivity contribution in [2.45, 2.75) is 12.6 Å². The van der Waals surface area contributed by atoms with Gasteiger partial charge in [-0.25, -0.2) is 0 Å². The van der Waals surface area contributed by atoms with Gasteiger partial charge in [0, 0.05) is 16.3 Å². The number of hydrogen-bond acceptors (Lipinski definition) is 3. The third-order valence-corrected chi connectivity index (χ3v) is 3.14. The first-order valence-electron chi connectivity index (χ1n) is 5.60. The Kier molecular flexibility index (Phi) is 2.81. The first-order valence-corrected chi connectivity index (χ1v) is 5.98. The summed E-state index contributed by atoms with van der Waals surface area (Å²) in [6.07, 6.45) is 1.61. The molecule has 1 unspecified atom stereocenters. The monoisotopic (exact) mass is 262 g/mol. The highest BCUT2D eigenvalue weighted by atomic mass is 35.5. The van der Waals surface area contributed by atoms with Crippen molar-refractivity contribution < 1.29 is 9.21 Å². The van der Waals surface area contributed by atoms with Gasteiger partial charge < -0.3 is 9.73 Å². The molecule has 4 nitrogen and oxygen atoms in total. The molecule has 18 heavy (non-hydrogen) atoms. The van der Waals surface area contributed by atoms with E-state index in [0.717, 1.165) is 17.0 Å². The van der Waals surface area contributed by atoms with Crippen molar-refractivity contribution in [1.29, 1.82) is 0 Å². The summed E-state index contributed by atoms with van der Waals surface area (Å²) in [5, 5.41) is 6.59. The first-order chi connectivity index (χ1) is 8.74. The lowest BCUT2D eigenvalue weighted by Gasteiger charge is -2.10. The van der Waals surface area contributed by atoms with Crippen LogP contribution >= 0.6 is 11.6 Å². The second kappa shape index (κ2) is 4.48. The Labute approximate surface area is 109 Å². The molecule has 0 saturated carbocycles. The lowest BCUT2D eigenvalue weighted by molar-refractivity contribution is -0.117. The molecule has 92 valence electrons. The predicted molar refractivity (Wildman–Crippen MR) is 68.4 cm³/mol. The Hall–Kier alpha value is -1.78. The minimum atomic E-state index is -0.385. The maximum atomic E-state index is 11.9. The van der Waals surface area contributed by atoms with Gasteiger partial charge in [0.15, 0.2) is 0 Å². The van der Waals surface area contributed by atoms with Crippen molar-refractivity contribution in [3.8, 4) is 0 Å². The van der Waals surface area contributed by atoms with E-state index in [9.17, 15) is 4.79 Å². The van der Waals surface area contributed by atoms with Crippen LogP contribution in [0.25, 0.3) is 0 Å².